The Morgan fingerprint density at radius 3 is 2.38 bits per heavy atom. The van der Waals surface area contributed by atoms with E-state index in [1.54, 1.807) is 0 Å². The van der Waals surface area contributed by atoms with Gasteiger partial charge in [0.05, 0.1) is 6.67 Å². The van der Waals surface area contributed by atoms with Crippen LogP contribution in [0.25, 0.3) is 0 Å². The molecule has 0 fully saturated rings. The number of unbranched alkanes of at least 4 members (excludes halogenated alkanes) is 1. The average Bonchev–Trinajstić information content (AvgIpc) is 2.49. The molecule has 0 bridgehead atoms. The van der Waals surface area contributed by atoms with Crippen molar-refractivity contribution in [2.24, 2.45) is 0 Å². The van der Waals surface area contributed by atoms with Crippen LogP contribution in [0.5, 0.6) is 0 Å². The fourth-order valence-electron chi connectivity index (χ4n) is 1.10. The zero-order valence-electron chi connectivity index (χ0n) is 7.93. The predicted octanol–water partition coefficient (Wildman–Crippen LogP) is 2.84. The van der Waals surface area contributed by atoms with Crippen LogP contribution in [0.1, 0.15) is 19.8 Å². The van der Waals surface area contributed by atoms with Crippen LogP contribution in [0, 0.1) is 0 Å². The Bertz CT molecular complexity index is 144. The van der Waals surface area contributed by atoms with E-state index >= 15 is 0 Å². The summed E-state index contributed by atoms with van der Waals surface area (Å²) in [5, 5.41) is 0. The van der Waals surface area contributed by atoms with Crippen LogP contribution < -0.4 is 0 Å². The topological polar surface area (TPSA) is 6.48 Å². The summed E-state index contributed by atoms with van der Waals surface area (Å²) in [5.74, 6) is 0. The molecule has 5 heteroatoms. The van der Waals surface area contributed by atoms with Gasteiger partial charge in [-0.15, -0.1) is 0 Å². The number of nitrogens with zero attached hydrogens (tertiary/aromatic N) is 2. The van der Waals surface area contributed by atoms with Crippen LogP contribution >= 0.6 is 20.2 Å². The van der Waals surface area contributed by atoms with Crippen molar-refractivity contribution in [3.05, 3.63) is 12.4 Å². The third-order valence-corrected chi connectivity index (χ3v) is 1.74. The molecule has 0 amide bonds. The Labute approximate surface area is 95.5 Å². The number of rotatable bonds is 3. The van der Waals surface area contributed by atoms with Gasteiger partial charge in [0.2, 0.25) is 0 Å². The molecule has 1 heterocycles. The fraction of sp³-hybridized carbons (Fsp3) is 0.750. The van der Waals surface area contributed by atoms with Crippen molar-refractivity contribution in [2.75, 3.05) is 20.3 Å². The summed E-state index contributed by atoms with van der Waals surface area (Å²) in [7, 11) is 11.4. The molecule has 0 spiro atoms. The van der Waals surface area contributed by atoms with Gasteiger partial charge in [0, 0.05) is 26.0 Å². The molecule has 0 aliphatic carbocycles. The molecular weight excluding hydrogens is 259 g/mol. The number of hydrogen-bond acceptors (Lipinski definition) is 2. The van der Waals surface area contributed by atoms with E-state index in [4.69, 9.17) is 0 Å². The van der Waals surface area contributed by atoms with Gasteiger partial charge in [0.15, 0.2) is 0 Å². The van der Waals surface area contributed by atoms with Crippen molar-refractivity contribution in [2.45, 2.75) is 19.8 Å². The first kappa shape index (κ1) is 13.4. The first-order valence-corrected chi connectivity index (χ1v) is 6.77. The standard InChI is InChI=1S/C8H16N2.2ClH.Cu/c1-3-4-5-10-7-6-9(2)8-10;;;/h6-7H,3-5,8H2,1-2H3;2*1H;/q;;;+2/p-2. The van der Waals surface area contributed by atoms with Crippen molar-refractivity contribution < 1.29 is 13.1 Å². The van der Waals surface area contributed by atoms with E-state index in [1.165, 1.54) is 19.4 Å². The predicted molar refractivity (Wildman–Crippen MR) is 55.1 cm³/mol. The Morgan fingerprint density at radius 1 is 1.38 bits per heavy atom. The molecular formula is C8H16Cl2CuN2. The van der Waals surface area contributed by atoms with Gasteiger partial charge >= 0.3 is 33.3 Å². The minimum absolute atomic E-state index is 0.757. The zero-order chi connectivity index (χ0) is 10.1. The second-order valence-corrected chi connectivity index (χ2v) is 4.46. The van der Waals surface area contributed by atoms with Gasteiger partial charge in [-0.2, -0.15) is 0 Å². The molecule has 0 saturated heterocycles. The van der Waals surface area contributed by atoms with Crippen LogP contribution in [0.15, 0.2) is 12.4 Å². The molecule has 0 aromatic carbocycles. The number of hydrogen-bond donors (Lipinski definition) is 0. The van der Waals surface area contributed by atoms with Crippen LogP contribution in [-0.4, -0.2) is 30.1 Å². The van der Waals surface area contributed by atoms with Gasteiger partial charge in [-0.25, -0.2) is 0 Å². The minimum atomic E-state index is 0.757. The van der Waals surface area contributed by atoms with Crippen LogP contribution in [-0.2, 0) is 13.1 Å². The van der Waals surface area contributed by atoms with E-state index in [-0.39, 0.29) is 0 Å². The summed E-state index contributed by atoms with van der Waals surface area (Å²) in [6, 6.07) is 0. The maximum atomic E-state index is 4.67. The maximum absolute atomic E-state index is 4.67. The van der Waals surface area contributed by atoms with E-state index in [9.17, 15) is 0 Å². The summed E-state index contributed by atoms with van der Waals surface area (Å²) in [5.41, 5.74) is 0. The SMILES string of the molecule is CCCCN1C=CN(C)C1.[Cl][Cu][Cl]. The van der Waals surface area contributed by atoms with E-state index < -0.39 is 0 Å². The molecule has 0 atom stereocenters. The quantitative estimate of drug-likeness (QED) is 0.730. The van der Waals surface area contributed by atoms with Crippen molar-refractivity contribution in [1.29, 1.82) is 0 Å². The van der Waals surface area contributed by atoms with E-state index in [2.05, 4.69) is 56.4 Å². The first-order valence-electron chi connectivity index (χ1n) is 4.18. The van der Waals surface area contributed by atoms with Crippen molar-refractivity contribution in [3.8, 4) is 0 Å². The van der Waals surface area contributed by atoms with Crippen LogP contribution in [0.3, 0.4) is 0 Å². The molecule has 13 heavy (non-hydrogen) atoms. The molecule has 0 saturated carbocycles. The Hall–Kier alpha value is 0.439. The summed E-state index contributed by atoms with van der Waals surface area (Å²) in [4.78, 5) is 4.53. The summed E-state index contributed by atoms with van der Waals surface area (Å²) in [6.45, 7) is 4.50. The van der Waals surface area contributed by atoms with Gasteiger partial charge in [0.25, 0.3) is 0 Å². The molecule has 0 N–H and O–H groups in total. The van der Waals surface area contributed by atoms with E-state index in [0.29, 0.717) is 0 Å². The summed E-state index contributed by atoms with van der Waals surface area (Å²) >= 11 is 0.757. The second kappa shape index (κ2) is 9.01. The monoisotopic (exact) mass is 273 g/mol. The Balaban J connectivity index is 0.000000424. The summed E-state index contributed by atoms with van der Waals surface area (Å²) < 4.78 is 0. The third kappa shape index (κ3) is 7.51. The van der Waals surface area contributed by atoms with E-state index in [0.717, 1.165) is 19.8 Å². The van der Waals surface area contributed by atoms with Crippen molar-refractivity contribution >= 4 is 20.2 Å². The van der Waals surface area contributed by atoms with Crippen molar-refractivity contribution in [3.63, 3.8) is 0 Å². The third-order valence-electron chi connectivity index (χ3n) is 1.74. The molecule has 1 aliphatic heterocycles. The zero-order valence-corrected chi connectivity index (χ0v) is 10.4. The molecule has 2 nitrogen and oxygen atoms in total. The van der Waals surface area contributed by atoms with Crippen LogP contribution in [0.4, 0.5) is 0 Å². The molecule has 0 aromatic heterocycles. The Kier molecular flexibility index (Phi) is 9.32. The van der Waals surface area contributed by atoms with E-state index in [1.807, 2.05) is 0 Å². The molecule has 0 aromatic rings. The number of halogens is 2. The molecule has 0 radical (unpaired) electrons. The molecule has 1 rings (SSSR count). The first-order chi connectivity index (χ1) is 6.24. The average molecular weight is 275 g/mol. The van der Waals surface area contributed by atoms with Gasteiger partial charge in [-0.1, -0.05) is 13.3 Å². The van der Waals surface area contributed by atoms with Gasteiger partial charge in [-0.3, -0.25) is 0 Å². The Morgan fingerprint density at radius 2 is 2.00 bits per heavy atom. The second-order valence-electron chi connectivity index (χ2n) is 2.91. The van der Waals surface area contributed by atoms with Gasteiger partial charge < -0.3 is 9.80 Å². The normalized spacial score (nSPS) is 14.8. The summed E-state index contributed by atoms with van der Waals surface area (Å²) in [6.07, 6.45) is 6.87. The fourth-order valence-corrected chi connectivity index (χ4v) is 1.10. The molecule has 1 aliphatic rings. The van der Waals surface area contributed by atoms with Gasteiger partial charge in [-0.05, 0) is 6.42 Å². The van der Waals surface area contributed by atoms with Crippen molar-refractivity contribution in [1.82, 2.24) is 9.80 Å². The molecule has 0 unspecified atom stereocenters. The van der Waals surface area contributed by atoms with Gasteiger partial charge in [0.1, 0.15) is 0 Å². The molecule has 83 valence electrons. The van der Waals surface area contributed by atoms with Crippen LogP contribution in [0.2, 0.25) is 0 Å².